The molecule has 3 aromatic rings. The maximum atomic E-state index is 12.5. The van der Waals surface area contributed by atoms with Crippen LogP contribution in [-0.4, -0.2) is 14.3 Å². The molecule has 2 aromatic carbocycles. The largest absolute Gasteiger partial charge is 0.459 e. The molecular weight excluding hydrogens is 350 g/mol. The van der Waals surface area contributed by atoms with Gasteiger partial charge in [-0.3, -0.25) is 4.79 Å². The molecule has 6 heteroatoms. The second-order valence-electron chi connectivity index (χ2n) is 5.96. The molecule has 1 N–H and O–H groups in total. The number of hydrogen-bond acceptors (Lipinski definition) is 4. The van der Waals surface area contributed by atoms with Crippen LogP contribution in [0.4, 0.5) is 0 Å². The lowest BCUT2D eigenvalue weighted by atomic mass is 10.1. The summed E-state index contributed by atoms with van der Waals surface area (Å²) in [6.45, 7) is 2.31. The standard InChI is InChI=1S/C20H19NO4S/c1-15-7-5-6-8-16(15)13-21-20(22)19-17(11-12-25-19)14-26(23,24)18-9-3-2-4-10-18/h2-12H,13-14H2,1H3,(H,21,22). The number of furan rings is 1. The van der Waals surface area contributed by atoms with Crippen LogP contribution < -0.4 is 5.32 Å². The molecule has 3 rings (SSSR count). The molecule has 0 aliphatic rings. The molecule has 0 atom stereocenters. The first-order chi connectivity index (χ1) is 12.5. The van der Waals surface area contributed by atoms with Gasteiger partial charge in [-0.2, -0.15) is 0 Å². The summed E-state index contributed by atoms with van der Waals surface area (Å²) in [4.78, 5) is 12.6. The van der Waals surface area contributed by atoms with E-state index in [9.17, 15) is 13.2 Å². The van der Waals surface area contributed by atoms with Gasteiger partial charge < -0.3 is 9.73 Å². The van der Waals surface area contributed by atoms with Gasteiger partial charge in [-0.1, -0.05) is 42.5 Å². The van der Waals surface area contributed by atoms with Crippen LogP contribution in [0.5, 0.6) is 0 Å². The number of rotatable bonds is 6. The predicted octanol–water partition coefficient (Wildman–Crippen LogP) is 3.49. The van der Waals surface area contributed by atoms with Gasteiger partial charge in [-0.05, 0) is 36.2 Å². The SMILES string of the molecule is Cc1ccccc1CNC(=O)c1occc1CS(=O)(=O)c1ccccc1. The van der Waals surface area contributed by atoms with Crippen LogP contribution >= 0.6 is 0 Å². The molecule has 0 spiro atoms. The summed E-state index contributed by atoms with van der Waals surface area (Å²) >= 11 is 0. The normalized spacial score (nSPS) is 11.3. The van der Waals surface area contributed by atoms with Crippen LogP contribution in [0.15, 0.2) is 76.2 Å². The van der Waals surface area contributed by atoms with Gasteiger partial charge in [0.05, 0.1) is 16.9 Å². The van der Waals surface area contributed by atoms with E-state index >= 15 is 0 Å². The van der Waals surface area contributed by atoms with Gasteiger partial charge in [0.1, 0.15) is 0 Å². The molecule has 1 aromatic heterocycles. The van der Waals surface area contributed by atoms with Crippen LogP contribution in [0.25, 0.3) is 0 Å². The number of carbonyl (C=O) groups is 1. The van der Waals surface area contributed by atoms with E-state index in [1.807, 2.05) is 31.2 Å². The van der Waals surface area contributed by atoms with E-state index in [2.05, 4.69) is 5.32 Å². The van der Waals surface area contributed by atoms with Crippen LogP contribution in [0.2, 0.25) is 0 Å². The first kappa shape index (κ1) is 17.9. The molecule has 0 radical (unpaired) electrons. The Bertz CT molecular complexity index is 1010. The van der Waals surface area contributed by atoms with Gasteiger partial charge in [0.2, 0.25) is 0 Å². The zero-order valence-corrected chi connectivity index (χ0v) is 15.1. The van der Waals surface area contributed by atoms with E-state index in [1.165, 1.54) is 24.5 Å². The molecule has 0 unspecified atom stereocenters. The van der Waals surface area contributed by atoms with E-state index in [1.54, 1.807) is 18.2 Å². The zero-order valence-electron chi connectivity index (χ0n) is 14.3. The van der Waals surface area contributed by atoms with Gasteiger partial charge in [-0.25, -0.2) is 8.42 Å². The van der Waals surface area contributed by atoms with E-state index < -0.39 is 15.7 Å². The molecule has 1 amide bonds. The van der Waals surface area contributed by atoms with Crippen molar-refractivity contribution < 1.29 is 17.6 Å². The van der Waals surface area contributed by atoms with Crippen molar-refractivity contribution in [3.63, 3.8) is 0 Å². The van der Waals surface area contributed by atoms with Gasteiger partial charge in [0, 0.05) is 12.1 Å². The molecule has 0 saturated carbocycles. The van der Waals surface area contributed by atoms with Gasteiger partial charge in [0.15, 0.2) is 15.6 Å². The molecule has 0 saturated heterocycles. The lowest BCUT2D eigenvalue weighted by Crippen LogP contribution is -2.24. The second-order valence-corrected chi connectivity index (χ2v) is 7.95. The van der Waals surface area contributed by atoms with E-state index in [4.69, 9.17) is 4.42 Å². The van der Waals surface area contributed by atoms with Crippen LogP contribution in [0.3, 0.4) is 0 Å². The summed E-state index contributed by atoms with van der Waals surface area (Å²) in [6, 6.07) is 17.4. The monoisotopic (exact) mass is 369 g/mol. The Kier molecular flexibility index (Phi) is 5.23. The summed E-state index contributed by atoms with van der Waals surface area (Å²) in [5.41, 5.74) is 2.40. The topological polar surface area (TPSA) is 76.4 Å². The number of hydrogen-bond donors (Lipinski definition) is 1. The van der Waals surface area contributed by atoms with E-state index in [-0.39, 0.29) is 16.4 Å². The first-order valence-electron chi connectivity index (χ1n) is 8.14. The van der Waals surface area contributed by atoms with Crippen molar-refractivity contribution in [2.24, 2.45) is 0 Å². The van der Waals surface area contributed by atoms with Crippen LogP contribution in [0.1, 0.15) is 27.2 Å². The fourth-order valence-electron chi connectivity index (χ4n) is 2.63. The quantitative estimate of drug-likeness (QED) is 0.722. The highest BCUT2D eigenvalue weighted by Gasteiger charge is 2.22. The van der Waals surface area contributed by atoms with Crippen molar-refractivity contribution >= 4 is 15.7 Å². The lowest BCUT2D eigenvalue weighted by Gasteiger charge is -2.08. The predicted molar refractivity (Wildman–Crippen MR) is 98.4 cm³/mol. The Hall–Kier alpha value is -2.86. The van der Waals surface area contributed by atoms with Crippen molar-refractivity contribution in [3.8, 4) is 0 Å². The van der Waals surface area contributed by atoms with E-state index in [0.717, 1.165) is 11.1 Å². The molecular formula is C20H19NO4S. The van der Waals surface area contributed by atoms with E-state index in [0.29, 0.717) is 12.1 Å². The van der Waals surface area contributed by atoms with Gasteiger partial charge in [-0.15, -0.1) is 0 Å². The van der Waals surface area contributed by atoms with Crippen molar-refractivity contribution in [2.75, 3.05) is 0 Å². The van der Waals surface area contributed by atoms with Crippen molar-refractivity contribution in [3.05, 3.63) is 89.4 Å². The third-order valence-electron chi connectivity index (χ3n) is 4.10. The molecule has 0 aliphatic carbocycles. The maximum Gasteiger partial charge on any atom is 0.287 e. The molecule has 5 nitrogen and oxygen atoms in total. The third-order valence-corrected chi connectivity index (χ3v) is 5.78. The number of nitrogens with one attached hydrogen (secondary N) is 1. The summed E-state index contributed by atoms with van der Waals surface area (Å²) < 4.78 is 30.3. The summed E-state index contributed by atoms with van der Waals surface area (Å²) in [5, 5.41) is 2.78. The minimum atomic E-state index is -3.55. The van der Waals surface area contributed by atoms with Crippen LogP contribution in [0, 0.1) is 6.92 Å². The fraction of sp³-hybridized carbons (Fsp3) is 0.150. The smallest absolute Gasteiger partial charge is 0.287 e. The number of aryl methyl sites for hydroxylation is 1. The first-order valence-corrected chi connectivity index (χ1v) is 9.79. The lowest BCUT2D eigenvalue weighted by molar-refractivity contribution is 0.0922. The number of amides is 1. The van der Waals surface area contributed by atoms with Gasteiger partial charge >= 0.3 is 0 Å². The molecule has 0 aliphatic heterocycles. The highest BCUT2D eigenvalue weighted by Crippen LogP contribution is 2.20. The minimum absolute atomic E-state index is 0.0260. The number of benzene rings is 2. The molecule has 1 heterocycles. The highest BCUT2D eigenvalue weighted by molar-refractivity contribution is 7.90. The average Bonchev–Trinajstić information content (AvgIpc) is 3.09. The summed E-state index contributed by atoms with van der Waals surface area (Å²) in [6.07, 6.45) is 1.33. The molecule has 134 valence electrons. The molecule has 0 fully saturated rings. The average molecular weight is 369 g/mol. The zero-order chi connectivity index (χ0) is 18.6. The number of carbonyl (C=O) groups excluding carboxylic acids is 1. The number of sulfone groups is 1. The van der Waals surface area contributed by atoms with Crippen LogP contribution in [-0.2, 0) is 22.1 Å². The fourth-order valence-corrected chi connectivity index (χ4v) is 4.00. The Morgan fingerprint density at radius 2 is 1.65 bits per heavy atom. The Labute approximate surface area is 152 Å². The Balaban J connectivity index is 1.74. The Morgan fingerprint density at radius 3 is 2.38 bits per heavy atom. The molecule has 0 bridgehead atoms. The van der Waals surface area contributed by atoms with Crippen molar-refractivity contribution in [2.45, 2.75) is 24.1 Å². The third kappa shape index (κ3) is 4.03. The van der Waals surface area contributed by atoms with Crippen molar-refractivity contribution in [1.29, 1.82) is 0 Å². The maximum absolute atomic E-state index is 12.5. The highest BCUT2D eigenvalue weighted by atomic mass is 32.2. The second kappa shape index (κ2) is 7.58. The Morgan fingerprint density at radius 1 is 0.962 bits per heavy atom. The minimum Gasteiger partial charge on any atom is -0.459 e. The van der Waals surface area contributed by atoms with Gasteiger partial charge in [0.25, 0.3) is 5.91 Å². The summed E-state index contributed by atoms with van der Waals surface area (Å²) in [5.74, 6) is -0.699. The van der Waals surface area contributed by atoms with Crippen molar-refractivity contribution in [1.82, 2.24) is 5.32 Å². The summed E-state index contributed by atoms with van der Waals surface area (Å²) in [7, 11) is -3.55. The molecule has 26 heavy (non-hydrogen) atoms.